The first-order chi connectivity index (χ1) is 9.47. The topological polar surface area (TPSA) is 38.3 Å². The van der Waals surface area contributed by atoms with Crippen LogP contribution in [0.1, 0.15) is 33.1 Å². The summed E-state index contributed by atoms with van der Waals surface area (Å²) in [4.78, 5) is 12.3. The van der Waals surface area contributed by atoms with Gasteiger partial charge in [-0.05, 0) is 49.3 Å². The molecule has 1 saturated carbocycles. The maximum Gasteiger partial charge on any atom is 0.331 e. The van der Waals surface area contributed by atoms with Gasteiger partial charge in [-0.25, -0.2) is 4.79 Å². The fourth-order valence-electron chi connectivity index (χ4n) is 3.00. The van der Waals surface area contributed by atoms with E-state index in [-0.39, 0.29) is 5.97 Å². The Hall–Kier alpha value is -1.03. The van der Waals surface area contributed by atoms with Gasteiger partial charge in [-0.1, -0.05) is 35.8 Å². The molecule has 1 aliphatic rings. The molecule has 1 aromatic rings. The molecule has 4 heteroatoms. The van der Waals surface area contributed by atoms with E-state index in [1.54, 1.807) is 0 Å². The smallest absolute Gasteiger partial charge is 0.331 e. The summed E-state index contributed by atoms with van der Waals surface area (Å²) in [5.74, 6) is 0.996. The molecule has 110 valence electrons. The number of anilines is 1. The molecule has 1 fully saturated rings. The Morgan fingerprint density at radius 3 is 2.75 bits per heavy atom. The third kappa shape index (κ3) is 3.17. The highest BCUT2D eigenvalue weighted by molar-refractivity contribution is 9.10. The number of methoxy groups -OCH3 is 1. The first-order valence-electron chi connectivity index (χ1n) is 7.09. The van der Waals surface area contributed by atoms with Crippen molar-refractivity contribution in [1.82, 2.24) is 0 Å². The molecule has 0 amide bonds. The number of carbonyl (C=O) groups excluding carboxylic acids is 1. The maximum atomic E-state index is 12.3. The Morgan fingerprint density at radius 1 is 1.40 bits per heavy atom. The number of halogens is 1. The average molecular weight is 340 g/mol. The average Bonchev–Trinajstić information content (AvgIpc) is 2.42. The van der Waals surface area contributed by atoms with Crippen molar-refractivity contribution >= 4 is 27.6 Å². The third-order valence-corrected chi connectivity index (χ3v) is 4.95. The number of hydrogen-bond acceptors (Lipinski definition) is 3. The molecule has 1 aliphatic carbocycles. The first-order valence-corrected chi connectivity index (χ1v) is 7.88. The van der Waals surface area contributed by atoms with Crippen LogP contribution in [0.2, 0.25) is 0 Å². The van der Waals surface area contributed by atoms with Gasteiger partial charge in [0.2, 0.25) is 0 Å². The highest BCUT2D eigenvalue weighted by Crippen LogP contribution is 2.39. The van der Waals surface area contributed by atoms with Gasteiger partial charge in [0.05, 0.1) is 7.11 Å². The quantitative estimate of drug-likeness (QED) is 0.837. The van der Waals surface area contributed by atoms with Gasteiger partial charge in [-0.3, -0.25) is 0 Å². The van der Waals surface area contributed by atoms with Crippen LogP contribution in [0.4, 0.5) is 5.69 Å². The van der Waals surface area contributed by atoms with Crippen LogP contribution in [0.5, 0.6) is 0 Å². The van der Waals surface area contributed by atoms with Crippen molar-refractivity contribution < 1.29 is 9.53 Å². The van der Waals surface area contributed by atoms with Crippen LogP contribution in [0.25, 0.3) is 0 Å². The number of hydrogen-bond donors (Lipinski definition) is 1. The van der Waals surface area contributed by atoms with Crippen LogP contribution in [0, 0.1) is 11.8 Å². The van der Waals surface area contributed by atoms with E-state index in [1.165, 1.54) is 7.11 Å². The lowest BCUT2D eigenvalue weighted by Crippen LogP contribution is -2.51. The van der Waals surface area contributed by atoms with Crippen molar-refractivity contribution in [2.45, 2.75) is 38.6 Å². The van der Waals surface area contributed by atoms with Crippen LogP contribution in [-0.2, 0) is 9.53 Å². The number of nitrogens with one attached hydrogen (secondary N) is 1. The van der Waals surface area contributed by atoms with Crippen LogP contribution in [0.15, 0.2) is 28.7 Å². The van der Waals surface area contributed by atoms with E-state index in [0.717, 1.165) is 29.4 Å². The number of esters is 1. The van der Waals surface area contributed by atoms with Crippen LogP contribution in [-0.4, -0.2) is 18.6 Å². The van der Waals surface area contributed by atoms with Crippen molar-refractivity contribution in [1.29, 1.82) is 0 Å². The first kappa shape index (κ1) is 15.4. The predicted octanol–water partition coefficient (Wildman–Crippen LogP) is 4.23. The third-order valence-electron chi connectivity index (χ3n) is 4.45. The molecule has 0 saturated heterocycles. The molecule has 0 bridgehead atoms. The highest BCUT2D eigenvalue weighted by Gasteiger charge is 2.44. The summed E-state index contributed by atoms with van der Waals surface area (Å²) in [6, 6.07) is 7.92. The lowest BCUT2D eigenvalue weighted by Gasteiger charge is -2.41. The van der Waals surface area contributed by atoms with Gasteiger partial charge in [0, 0.05) is 10.2 Å². The molecule has 0 aliphatic heterocycles. The second-order valence-electron chi connectivity index (χ2n) is 5.91. The Kier molecular flexibility index (Phi) is 4.74. The second-order valence-corrected chi connectivity index (χ2v) is 6.82. The van der Waals surface area contributed by atoms with Gasteiger partial charge >= 0.3 is 5.97 Å². The maximum absolute atomic E-state index is 12.3. The minimum Gasteiger partial charge on any atom is -0.467 e. The SMILES string of the molecule is COC(=O)C1(Nc2cccc(Br)c2)CCC(C)C(C)C1. The van der Waals surface area contributed by atoms with Gasteiger partial charge < -0.3 is 10.1 Å². The molecule has 20 heavy (non-hydrogen) atoms. The summed E-state index contributed by atoms with van der Waals surface area (Å²) in [7, 11) is 1.47. The van der Waals surface area contributed by atoms with E-state index in [9.17, 15) is 4.79 Å². The molecule has 1 aromatic carbocycles. The minimum atomic E-state index is -0.596. The van der Waals surface area contributed by atoms with E-state index in [1.807, 2.05) is 24.3 Å². The minimum absolute atomic E-state index is 0.156. The van der Waals surface area contributed by atoms with Crippen molar-refractivity contribution in [3.63, 3.8) is 0 Å². The summed E-state index contributed by atoms with van der Waals surface area (Å²) in [6.07, 6.45) is 2.67. The van der Waals surface area contributed by atoms with E-state index >= 15 is 0 Å². The Balaban J connectivity index is 2.26. The Labute approximate surface area is 129 Å². The molecule has 2 rings (SSSR count). The largest absolute Gasteiger partial charge is 0.467 e. The normalized spacial score (nSPS) is 29.8. The molecule has 3 unspecified atom stereocenters. The summed E-state index contributed by atoms with van der Waals surface area (Å²) < 4.78 is 6.07. The summed E-state index contributed by atoms with van der Waals surface area (Å²) >= 11 is 3.46. The van der Waals surface area contributed by atoms with Crippen molar-refractivity contribution in [2.75, 3.05) is 12.4 Å². The molecular formula is C16H22BrNO2. The van der Waals surface area contributed by atoms with Gasteiger partial charge in [0.25, 0.3) is 0 Å². The molecule has 1 N–H and O–H groups in total. The molecule has 3 atom stereocenters. The van der Waals surface area contributed by atoms with E-state index in [2.05, 4.69) is 35.1 Å². The van der Waals surface area contributed by atoms with E-state index in [4.69, 9.17) is 4.74 Å². The monoisotopic (exact) mass is 339 g/mol. The van der Waals surface area contributed by atoms with Crippen LogP contribution >= 0.6 is 15.9 Å². The van der Waals surface area contributed by atoms with E-state index in [0.29, 0.717) is 11.8 Å². The Bertz CT molecular complexity index is 491. The highest BCUT2D eigenvalue weighted by atomic mass is 79.9. The number of benzene rings is 1. The standard InChI is InChI=1S/C16H22BrNO2/c1-11-7-8-16(10-12(11)2,15(19)20-3)18-14-6-4-5-13(17)9-14/h4-6,9,11-12,18H,7-8,10H2,1-3H3. The summed E-state index contributed by atoms with van der Waals surface area (Å²) in [5, 5.41) is 3.43. The van der Waals surface area contributed by atoms with Crippen molar-refractivity contribution in [3.05, 3.63) is 28.7 Å². The predicted molar refractivity (Wildman–Crippen MR) is 84.7 cm³/mol. The molecule has 0 radical (unpaired) electrons. The van der Waals surface area contributed by atoms with Crippen molar-refractivity contribution in [3.8, 4) is 0 Å². The molecular weight excluding hydrogens is 318 g/mol. The van der Waals surface area contributed by atoms with Crippen LogP contribution < -0.4 is 5.32 Å². The number of carbonyl (C=O) groups is 1. The fourth-order valence-corrected chi connectivity index (χ4v) is 3.40. The van der Waals surface area contributed by atoms with Crippen molar-refractivity contribution in [2.24, 2.45) is 11.8 Å². The molecule has 0 spiro atoms. The molecule has 0 aromatic heterocycles. The lowest BCUT2D eigenvalue weighted by atomic mass is 9.71. The van der Waals surface area contributed by atoms with Gasteiger partial charge in [0.1, 0.15) is 5.54 Å². The number of ether oxygens (including phenoxy) is 1. The fraction of sp³-hybridized carbons (Fsp3) is 0.562. The zero-order valence-corrected chi connectivity index (χ0v) is 13.9. The lowest BCUT2D eigenvalue weighted by molar-refractivity contribution is -0.148. The molecule has 3 nitrogen and oxygen atoms in total. The zero-order chi connectivity index (χ0) is 14.8. The number of rotatable bonds is 3. The summed E-state index contributed by atoms with van der Waals surface area (Å²) in [5.41, 5.74) is 0.355. The van der Waals surface area contributed by atoms with Gasteiger partial charge in [-0.2, -0.15) is 0 Å². The van der Waals surface area contributed by atoms with Gasteiger partial charge in [0.15, 0.2) is 0 Å². The van der Waals surface area contributed by atoms with Gasteiger partial charge in [-0.15, -0.1) is 0 Å². The van der Waals surface area contributed by atoms with E-state index < -0.39 is 5.54 Å². The van der Waals surface area contributed by atoms with Crippen LogP contribution in [0.3, 0.4) is 0 Å². The zero-order valence-electron chi connectivity index (χ0n) is 12.3. The summed E-state index contributed by atoms with van der Waals surface area (Å²) in [6.45, 7) is 4.47. The Morgan fingerprint density at radius 2 is 2.15 bits per heavy atom. The second kappa shape index (κ2) is 6.17. The molecule has 0 heterocycles.